The molecule has 0 bridgehead atoms. The Morgan fingerprint density at radius 2 is 1.87 bits per heavy atom. The maximum absolute atomic E-state index is 13.5. The topological polar surface area (TPSA) is 66.4 Å². The minimum absolute atomic E-state index is 0.0399. The highest BCUT2D eigenvalue weighted by Gasteiger charge is 2.60. The lowest BCUT2D eigenvalue weighted by Crippen LogP contribution is -2.59. The number of carbonyl (C=O) groups is 2. The van der Waals surface area contributed by atoms with Gasteiger partial charge in [0.25, 0.3) is 11.8 Å². The van der Waals surface area contributed by atoms with E-state index in [1.165, 1.54) is 11.3 Å². The van der Waals surface area contributed by atoms with Crippen LogP contribution in [0.5, 0.6) is 0 Å². The van der Waals surface area contributed by atoms with Crippen LogP contribution in [0.25, 0.3) is 21.8 Å². The molecular weight excluding hydrogens is 396 g/mol. The van der Waals surface area contributed by atoms with Crippen molar-refractivity contribution in [1.82, 2.24) is 19.8 Å². The molecule has 1 aliphatic heterocycles. The molecule has 2 aliphatic rings. The van der Waals surface area contributed by atoms with Gasteiger partial charge in [0.05, 0.1) is 16.3 Å². The summed E-state index contributed by atoms with van der Waals surface area (Å²) in [6.45, 7) is 4.66. The van der Waals surface area contributed by atoms with Gasteiger partial charge in [-0.3, -0.25) is 14.6 Å². The number of amides is 2. The van der Waals surface area contributed by atoms with Gasteiger partial charge in [-0.05, 0) is 31.2 Å². The zero-order chi connectivity index (χ0) is 20.7. The minimum Gasteiger partial charge on any atom is -0.320 e. The van der Waals surface area contributed by atoms with Gasteiger partial charge in [0, 0.05) is 24.8 Å². The predicted molar refractivity (Wildman–Crippen MR) is 116 cm³/mol. The lowest BCUT2D eigenvalue weighted by Gasteiger charge is -2.39. The number of benzene rings is 1. The van der Waals surface area contributed by atoms with Crippen molar-refractivity contribution in [1.29, 1.82) is 0 Å². The number of pyridine rings is 1. The molecule has 30 heavy (non-hydrogen) atoms. The molecule has 0 radical (unpaired) electrons. The molecule has 2 amide bonds. The summed E-state index contributed by atoms with van der Waals surface area (Å²) in [4.78, 5) is 39.7. The molecule has 1 saturated heterocycles. The summed E-state index contributed by atoms with van der Waals surface area (Å²) >= 11 is 1.34. The van der Waals surface area contributed by atoms with Crippen LogP contribution in [0.4, 0.5) is 0 Å². The van der Waals surface area contributed by atoms with Crippen molar-refractivity contribution in [2.45, 2.75) is 18.4 Å². The number of rotatable bonds is 4. The number of piperazine rings is 1. The van der Waals surface area contributed by atoms with Crippen molar-refractivity contribution in [3.8, 4) is 21.8 Å². The van der Waals surface area contributed by atoms with E-state index < -0.39 is 5.54 Å². The standard InChI is InChI=1S/C23H20N4O2S/c1-2-26-14-15-27(23(11-12-23)22(26)29)21(28)20-25-18(16-8-4-3-5-9-16)19(30-20)17-10-6-7-13-24-17/h2-10,13H,1,11-12,14-15H2. The number of hydrogen-bond donors (Lipinski definition) is 0. The third-order valence-corrected chi connectivity index (χ3v) is 6.75. The molecule has 1 saturated carbocycles. The second-order valence-corrected chi connectivity index (χ2v) is 8.45. The highest BCUT2D eigenvalue weighted by Crippen LogP contribution is 2.46. The third-order valence-electron chi connectivity index (χ3n) is 5.68. The molecule has 7 heteroatoms. The molecule has 1 spiro atoms. The van der Waals surface area contributed by atoms with Crippen LogP contribution in [0.3, 0.4) is 0 Å². The maximum atomic E-state index is 13.5. The Morgan fingerprint density at radius 3 is 2.53 bits per heavy atom. The first-order chi connectivity index (χ1) is 14.6. The van der Waals surface area contributed by atoms with Gasteiger partial charge >= 0.3 is 0 Å². The molecule has 0 atom stereocenters. The van der Waals surface area contributed by atoms with Crippen LogP contribution in [-0.4, -0.2) is 50.2 Å². The predicted octanol–water partition coefficient (Wildman–Crippen LogP) is 3.83. The van der Waals surface area contributed by atoms with Crippen molar-refractivity contribution in [3.63, 3.8) is 0 Å². The van der Waals surface area contributed by atoms with E-state index in [0.29, 0.717) is 30.9 Å². The monoisotopic (exact) mass is 416 g/mol. The van der Waals surface area contributed by atoms with Crippen molar-refractivity contribution in [2.75, 3.05) is 13.1 Å². The normalized spacial score (nSPS) is 17.3. The highest BCUT2D eigenvalue weighted by molar-refractivity contribution is 7.17. The van der Waals surface area contributed by atoms with Crippen LogP contribution in [-0.2, 0) is 4.79 Å². The number of nitrogens with zero attached hydrogens (tertiary/aromatic N) is 4. The summed E-state index contributed by atoms with van der Waals surface area (Å²) in [5.74, 6) is -0.226. The Labute approximate surface area is 178 Å². The Kier molecular flexibility index (Phi) is 4.47. The molecule has 2 aromatic heterocycles. The molecule has 3 aromatic rings. The molecule has 6 nitrogen and oxygen atoms in total. The fourth-order valence-electron chi connectivity index (χ4n) is 3.97. The lowest BCUT2D eigenvalue weighted by molar-refractivity contribution is -0.138. The van der Waals surface area contributed by atoms with Gasteiger partial charge < -0.3 is 9.80 Å². The van der Waals surface area contributed by atoms with E-state index in [9.17, 15) is 9.59 Å². The zero-order valence-electron chi connectivity index (χ0n) is 16.3. The van der Waals surface area contributed by atoms with Gasteiger partial charge in [-0.2, -0.15) is 0 Å². The Morgan fingerprint density at radius 1 is 1.10 bits per heavy atom. The number of hydrogen-bond acceptors (Lipinski definition) is 5. The Bertz CT molecular complexity index is 1070. The van der Waals surface area contributed by atoms with Gasteiger partial charge in [-0.25, -0.2) is 4.98 Å². The average molecular weight is 417 g/mol. The second kappa shape index (κ2) is 7.18. The summed E-state index contributed by atoms with van der Waals surface area (Å²) in [6.07, 6.45) is 4.66. The van der Waals surface area contributed by atoms with Gasteiger partial charge in [0.2, 0.25) is 0 Å². The summed E-state index contributed by atoms with van der Waals surface area (Å²) in [6, 6.07) is 15.5. The maximum Gasteiger partial charge on any atom is 0.283 e. The highest BCUT2D eigenvalue weighted by atomic mass is 32.1. The van der Waals surface area contributed by atoms with Crippen LogP contribution < -0.4 is 0 Å². The van der Waals surface area contributed by atoms with E-state index in [2.05, 4.69) is 11.6 Å². The smallest absolute Gasteiger partial charge is 0.283 e. The molecule has 150 valence electrons. The Balaban J connectivity index is 1.56. The third kappa shape index (κ3) is 2.93. The van der Waals surface area contributed by atoms with Crippen LogP contribution in [0.2, 0.25) is 0 Å². The quantitative estimate of drug-likeness (QED) is 0.648. The molecule has 1 aromatic carbocycles. The summed E-state index contributed by atoms with van der Waals surface area (Å²) in [7, 11) is 0. The van der Waals surface area contributed by atoms with Crippen LogP contribution in [0.15, 0.2) is 67.5 Å². The van der Waals surface area contributed by atoms with Gasteiger partial charge in [0.15, 0.2) is 5.01 Å². The molecular formula is C23H20N4O2S. The van der Waals surface area contributed by atoms with E-state index in [4.69, 9.17) is 4.98 Å². The van der Waals surface area contributed by atoms with E-state index in [1.54, 1.807) is 22.2 Å². The van der Waals surface area contributed by atoms with Crippen LogP contribution >= 0.6 is 11.3 Å². The molecule has 1 aliphatic carbocycles. The summed E-state index contributed by atoms with van der Waals surface area (Å²) < 4.78 is 0. The van der Waals surface area contributed by atoms with E-state index in [1.807, 2.05) is 48.5 Å². The first-order valence-corrected chi connectivity index (χ1v) is 10.7. The minimum atomic E-state index is -0.729. The first kappa shape index (κ1) is 18.7. The zero-order valence-corrected chi connectivity index (χ0v) is 17.1. The molecule has 3 heterocycles. The molecule has 5 rings (SSSR count). The fraction of sp³-hybridized carbons (Fsp3) is 0.217. The van der Waals surface area contributed by atoms with Crippen LogP contribution in [0.1, 0.15) is 22.6 Å². The lowest BCUT2D eigenvalue weighted by atomic mass is 10.1. The van der Waals surface area contributed by atoms with E-state index in [-0.39, 0.29) is 11.8 Å². The first-order valence-electron chi connectivity index (χ1n) is 9.87. The van der Waals surface area contributed by atoms with E-state index >= 15 is 0 Å². The van der Waals surface area contributed by atoms with Crippen molar-refractivity contribution < 1.29 is 9.59 Å². The van der Waals surface area contributed by atoms with Crippen LogP contribution in [0, 0.1) is 0 Å². The van der Waals surface area contributed by atoms with Gasteiger partial charge in [0.1, 0.15) is 5.54 Å². The number of carbonyl (C=O) groups excluding carboxylic acids is 2. The molecule has 2 fully saturated rings. The number of thiazole rings is 1. The summed E-state index contributed by atoms with van der Waals surface area (Å²) in [5.41, 5.74) is 1.72. The molecule has 0 N–H and O–H groups in total. The number of aromatic nitrogens is 2. The molecule has 0 unspecified atom stereocenters. The van der Waals surface area contributed by atoms with E-state index in [0.717, 1.165) is 21.8 Å². The van der Waals surface area contributed by atoms with Gasteiger partial charge in [-0.1, -0.05) is 43.0 Å². The summed E-state index contributed by atoms with van der Waals surface area (Å²) in [5, 5.41) is 0.389. The second-order valence-electron chi connectivity index (χ2n) is 7.45. The SMILES string of the molecule is C=CN1CCN(C(=O)c2nc(-c3ccccc3)c(-c3ccccn3)s2)C2(CC2)C1=O. The average Bonchev–Trinajstić information content (AvgIpc) is 3.46. The van der Waals surface area contributed by atoms with Crippen molar-refractivity contribution in [3.05, 3.63) is 72.5 Å². The van der Waals surface area contributed by atoms with Crippen molar-refractivity contribution in [2.24, 2.45) is 0 Å². The van der Waals surface area contributed by atoms with Crippen molar-refractivity contribution >= 4 is 23.2 Å². The Hall–Kier alpha value is -3.32. The largest absolute Gasteiger partial charge is 0.320 e. The fourth-order valence-corrected chi connectivity index (χ4v) is 4.98. The van der Waals surface area contributed by atoms with Gasteiger partial charge in [-0.15, -0.1) is 11.3 Å².